The summed E-state index contributed by atoms with van der Waals surface area (Å²) < 4.78 is 37.6. The molecule has 3 heterocycles. The van der Waals surface area contributed by atoms with Crippen LogP contribution in [0.4, 0.5) is 31.5 Å². The van der Waals surface area contributed by atoms with E-state index in [2.05, 4.69) is 135 Å². The molecule has 0 saturated heterocycles. The van der Waals surface area contributed by atoms with Crippen LogP contribution >= 0.6 is 0 Å². The molecule has 0 amide bonds. The molecule has 10 rings (SSSR count). The number of rotatable bonds is 7. The predicted octanol–water partition coefficient (Wildman–Crippen LogP) is 15.2. The number of halogens is 2. The summed E-state index contributed by atoms with van der Waals surface area (Å²) in [6, 6.07) is 55.4. The molecule has 5 nitrogen and oxygen atoms in total. The van der Waals surface area contributed by atoms with Crippen LogP contribution in [0.2, 0.25) is 0 Å². The van der Waals surface area contributed by atoms with Crippen molar-refractivity contribution in [3.8, 4) is 39.6 Å². The molecule has 0 radical (unpaired) electrons. The summed E-state index contributed by atoms with van der Waals surface area (Å²) in [6.45, 7) is 15.2. The maximum Gasteiger partial charge on any atom is 0.135 e. The van der Waals surface area contributed by atoms with Gasteiger partial charge in [0.25, 0.3) is 0 Å². The van der Waals surface area contributed by atoms with Gasteiger partial charge in [-0.05, 0) is 105 Å². The van der Waals surface area contributed by atoms with Gasteiger partial charge in [-0.1, -0.05) is 102 Å². The van der Waals surface area contributed by atoms with E-state index in [4.69, 9.17) is 9.72 Å². The zero-order valence-electron chi connectivity index (χ0n) is 36.4. The Morgan fingerprint density at radius 2 is 1.16 bits per heavy atom. The van der Waals surface area contributed by atoms with E-state index in [1.807, 2.05) is 72.9 Å². The number of para-hydroxylation sites is 3. The maximum absolute atomic E-state index is 14.4. The van der Waals surface area contributed by atoms with Gasteiger partial charge >= 0.3 is 0 Å². The van der Waals surface area contributed by atoms with E-state index in [0.29, 0.717) is 11.5 Å². The summed E-state index contributed by atoms with van der Waals surface area (Å²) >= 11 is 0. The van der Waals surface area contributed by atoms with Crippen molar-refractivity contribution < 1.29 is 34.6 Å². The number of pyridine rings is 1. The molecule has 1 aliphatic rings. The molecule has 0 atom stereocenters. The second-order valence-corrected chi connectivity index (χ2v) is 18.1. The van der Waals surface area contributed by atoms with Crippen LogP contribution in [0.15, 0.2) is 158 Å². The van der Waals surface area contributed by atoms with Crippen LogP contribution in [0.1, 0.15) is 52.7 Å². The Hall–Kier alpha value is -6.56. The van der Waals surface area contributed by atoms with Gasteiger partial charge in [-0.15, -0.1) is 48.1 Å². The van der Waals surface area contributed by atoms with Crippen LogP contribution in [-0.4, -0.2) is 9.55 Å². The van der Waals surface area contributed by atoms with Gasteiger partial charge in [-0.2, -0.15) is 12.1 Å². The first kappa shape index (κ1) is 42.7. The molecule has 0 unspecified atom stereocenters. The van der Waals surface area contributed by atoms with Crippen molar-refractivity contribution in [1.29, 1.82) is 0 Å². The number of fused-ring (bicyclic) bond motifs is 4. The summed E-state index contributed by atoms with van der Waals surface area (Å²) in [5.41, 5.74) is 11.0. The molecule has 0 N–H and O–H groups in total. The largest absolute Gasteiger partial charge is 0.509 e. The van der Waals surface area contributed by atoms with Crippen LogP contribution in [0.25, 0.3) is 49.9 Å². The standard InChI is InChI=1S/C56H45F2N4O.Pt/c1-55(2,3)38-28-29-59-53(32-38)62-49-15-8-7-14-45(49)46-27-26-44(34-52(46)62)63-43-13-11-12-42(33-43)60-35-61(51-17-10-9-16-50(51)60)54-47(36-18-22-40(57)23-19-36)30-39(56(4,5)6)31-48(54)37-20-24-41(58)25-21-37;/h7-32,35H,1-6H3;/q-3;. The Balaban J connectivity index is 0.00000518. The van der Waals surface area contributed by atoms with Crippen LogP contribution in [0, 0.1) is 30.4 Å². The fourth-order valence-electron chi connectivity index (χ4n) is 8.44. The third kappa shape index (κ3) is 7.88. The number of hydrogen-bond acceptors (Lipinski definition) is 4. The van der Waals surface area contributed by atoms with Crippen molar-refractivity contribution in [2.24, 2.45) is 0 Å². The first-order chi connectivity index (χ1) is 30.3. The number of hydrogen-bond donors (Lipinski definition) is 0. The summed E-state index contributed by atoms with van der Waals surface area (Å²) in [7, 11) is 0. The molecule has 64 heavy (non-hydrogen) atoms. The van der Waals surface area contributed by atoms with Gasteiger partial charge < -0.3 is 19.1 Å². The molecule has 1 aliphatic heterocycles. The minimum atomic E-state index is -0.310. The van der Waals surface area contributed by atoms with E-state index >= 15 is 0 Å². The van der Waals surface area contributed by atoms with E-state index < -0.39 is 0 Å². The third-order valence-electron chi connectivity index (χ3n) is 11.8. The Morgan fingerprint density at radius 3 is 1.80 bits per heavy atom. The van der Waals surface area contributed by atoms with Crippen LogP contribution in [0.5, 0.6) is 11.5 Å². The molecule has 0 spiro atoms. The second kappa shape index (κ2) is 16.5. The van der Waals surface area contributed by atoms with E-state index in [-0.39, 0.29) is 43.5 Å². The van der Waals surface area contributed by atoms with E-state index in [9.17, 15) is 8.78 Å². The average molecular weight is 1020 g/mol. The van der Waals surface area contributed by atoms with Crippen molar-refractivity contribution in [2.75, 3.05) is 9.80 Å². The topological polar surface area (TPSA) is 33.5 Å². The van der Waals surface area contributed by atoms with Crippen molar-refractivity contribution in [1.82, 2.24) is 9.55 Å². The Morgan fingerprint density at radius 1 is 0.562 bits per heavy atom. The molecule has 0 aliphatic carbocycles. The Bertz CT molecular complexity index is 3120. The molecule has 0 fully saturated rings. The van der Waals surface area contributed by atoms with Gasteiger partial charge in [0.15, 0.2) is 0 Å². The van der Waals surface area contributed by atoms with Crippen molar-refractivity contribution in [2.45, 2.75) is 52.4 Å². The average Bonchev–Trinajstić information content (AvgIpc) is 3.82. The molecular weight excluding hydrogens is 978 g/mol. The van der Waals surface area contributed by atoms with Crippen molar-refractivity contribution in [3.05, 3.63) is 199 Å². The second-order valence-electron chi connectivity index (χ2n) is 18.1. The first-order valence-corrected chi connectivity index (χ1v) is 21.2. The zero-order valence-corrected chi connectivity index (χ0v) is 38.6. The van der Waals surface area contributed by atoms with Crippen LogP contribution < -0.4 is 14.5 Å². The third-order valence-corrected chi connectivity index (χ3v) is 11.8. The molecule has 0 saturated carbocycles. The Labute approximate surface area is 387 Å². The molecule has 8 heteroatoms. The number of benzene rings is 7. The molecule has 0 bridgehead atoms. The van der Waals surface area contributed by atoms with Crippen molar-refractivity contribution in [3.63, 3.8) is 0 Å². The van der Waals surface area contributed by atoms with Crippen LogP contribution in [0.3, 0.4) is 0 Å². The number of ether oxygens (including phenoxy) is 1. The smallest absolute Gasteiger partial charge is 0.135 e. The summed E-state index contributed by atoms with van der Waals surface area (Å²) in [5.74, 6) is 1.27. The summed E-state index contributed by atoms with van der Waals surface area (Å²) in [5, 5.41) is 2.16. The van der Waals surface area contributed by atoms with Gasteiger partial charge in [0.05, 0.1) is 0 Å². The molecule has 9 aromatic rings. The number of anilines is 4. The first-order valence-electron chi connectivity index (χ1n) is 21.2. The fraction of sp³-hybridized carbons (Fsp3) is 0.143. The van der Waals surface area contributed by atoms with E-state index in [1.165, 1.54) is 29.8 Å². The maximum atomic E-state index is 14.4. The number of aromatic nitrogens is 2. The SMILES string of the molecule is CC(C)(C)c1ccnc(-n2c3[c-]c(Oc4[c-]c(N5[CH-]N(c6c(-c7ccc(F)cc7)cc(C(C)(C)C)cc6-c6ccc(F)cc6)c6ccccc65)ccc4)ccc3c3ccccc32)c1.[Pt]. The molecule has 322 valence electrons. The van der Waals surface area contributed by atoms with Crippen molar-refractivity contribution >= 4 is 44.6 Å². The Kier molecular flexibility index (Phi) is 11.0. The molecule has 7 aromatic carbocycles. The number of nitrogens with zero attached hydrogens (tertiary/aromatic N) is 4. The van der Waals surface area contributed by atoms with Gasteiger partial charge in [0, 0.05) is 72.5 Å². The van der Waals surface area contributed by atoms with Gasteiger partial charge in [0.2, 0.25) is 0 Å². The quantitative estimate of drug-likeness (QED) is 0.149. The normalized spacial score (nSPS) is 12.8. The van der Waals surface area contributed by atoms with Gasteiger partial charge in [-0.3, -0.25) is 0 Å². The summed E-state index contributed by atoms with van der Waals surface area (Å²) in [6.07, 6.45) is 1.88. The summed E-state index contributed by atoms with van der Waals surface area (Å²) in [4.78, 5) is 9.10. The monoisotopic (exact) mass is 1020 g/mol. The minimum Gasteiger partial charge on any atom is -0.509 e. The minimum absolute atomic E-state index is 0. The van der Waals surface area contributed by atoms with Crippen LogP contribution in [-0.2, 0) is 31.9 Å². The van der Waals surface area contributed by atoms with Gasteiger partial charge in [-0.25, -0.2) is 13.8 Å². The molecular formula is C56H45F2N4OPt-3. The van der Waals surface area contributed by atoms with E-state index in [1.54, 1.807) is 0 Å². The molecule has 2 aromatic heterocycles. The van der Waals surface area contributed by atoms with E-state index in [0.717, 1.165) is 78.2 Å². The predicted molar refractivity (Wildman–Crippen MR) is 252 cm³/mol. The zero-order chi connectivity index (χ0) is 43.6. The fourth-order valence-corrected chi connectivity index (χ4v) is 8.44. The van der Waals surface area contributed by atoms with Gasteiger partial charge in [0.1, 0.15) is 17.5 Å².